The lowest BCUT2D eigenvalue weighted by molar-refractivity contribution is -0.118. The number of hydrogen-bond acceptors (Lipinski definition) is 3. The molecule has 4 rings (SSSR count). The summed E-state index contributed by atoms with van der Waals surface area (Å²) in [6, 6.07) is 27.1. The summed E-state index contributed by atoms with van der Waals surface area (Å²) in [4.78, 5) is 28.0. The molecule has 0 spiro atoms. The lowest BCUT2D eigenvalue weighted by Gasteiger charge is -2.26. The number of hydrogen-bond donors (Lipinski definition) is 1. The molecule has 4 nitrogen and oxygen atoms in total. The zero-order chi connectivity index (χ0) is 20.9. The van der Waals surface area contributed by atoms with E-state index in [-0.39, 0.29) is 23.0 Å². The number of benzene rings is 3. The standard InChI is InChI=1S/C25H24N2O2S/c1-18(30-23-16-14-20(15-17-23)26-24(28)19-12-13-19)25(29)27(21-8-4-2-5-9-21)22-10-6-3-7-11-22/h2-11,14-19H,12-13H2,1H3,(H,26,28). The Hall–Kier alpha value is -3.05. The highest BCUT2D eigenvalue weighted by Crippen LogP contribution is 2.32. The second-order valence-corrected chi connectivity index (χ2v) is 8.81. The predicted molar refractivity (Wildman–Crippen MR) is 123 cm³/mol. The summed E-state index contributed by atoms with van der Waals surface area (Å²) in [5, 5.41) is 2.66. The first-order valence-electron chi connectivity index (χ1n) is 10.1. The number of carbonyl (C=O) groups excluding carboxylic acids is 2. The van der Waals surface area contributed by atoms with Crippen molar-refractivity contribution in [2.45, 2.75) is 29.9 Å². The van der Waals surface area contributed by atoms with Gasteiger partial charge in [0.25, 0.3) is 0 Å². The van der Waals surface area contributed by atoms with E-state index in [2.05, 4.69) is 5.32 Å². The van der Waals surface area contributed by atoms with Gasteiger partial charge in [-0.25, -0.2) is 0 Å². The van der Waals surface area contributed by atoms with Crippen LogP contribution in [0.2, 0.25) is 0 Å². The first-order valence-corrected chi connectivity index (χ1v) is 11.0. The molecule has 1 fully saturated rings. The van der Waals surface area contributed by atoms with Gasteiger partial charge in [-0.3, -0.25) is 14.5 Å². The Kier molecular flexibility index (Phi) is 6.19. The summed E-state index contributed by atoms with van der Waals surface area (Å²) in [5.74, 6) is 0.294. The van der Waals surface area contributed by atoms with Crippen LogP contribution in [-0.2, 0) is 9.59 Å². The van der Waals surface area contributed by atoms with Crippen molar-refractivity contribution >= 4 is 40.6 Å². The summed E-state index contributed by atoms with van der Waals surface area (Å²) >= 11 is 1.51. The van der Waals surface area contributed by atoms with Gasteiger partial charge in [0.15, 0.2) is 0 Å². The molecule has 1 saturated carbocycles. The normalized spacial score (nSPS) is 14.0. The molecule has 5 heteroatoms. The Morgan fingerprint density at radius 3 is 1.90 bits per heavy atom. The van der Waals surface area contributed by atoms with Crippen LogP contribution < -0.4 is 10.2 Å². The summed E-state index contributed by atoms with van der Waals surface area (Å²) < 4.78 is 0. The lowest BCUT2D eigenvalue weighted by Crippen LogP contribution is -2.32. The van der Waals surface area contributed by atoms with Gasteiger partial charge < -0.3 is 5.32 Å². The topological polar surface area (TPSA) is 49.4 Å². The van der Waals surface area contributed by atoms with Gasteiger partial charge >= 0.3 is 0 Å². The van der Waals surface area contributed by atoms with Crippen molar-refractivity contribution in [3.63, 3.8) is 0 Å². The molecule has 3 aromatic rings. The molecule has 152 valence electrons. The molecule has 1 unspecified atom stereocenters. The number of rotatable bonds is 7. The van der Waals surface area contributed by atoms with Gasteiger partial charge in [-0.05, 0) is 68.3 Å². The number of nitrogens with zero attached hydrogens (tertiary/aromatic N) is 1. The molecular formula is C25H24N2O2S. The minimum atomic E-state index is -0.280. The van der Waals surface area contributed by atoms with E-state index >= 15 is 0 Å². The first kappa shape index (κ1) is 20.2. The Balaban J connectivity index is 1.47. The molecule has 1 aliphatic carbocycles. The number of nitrogens with one attached hydrogen (secondary N) is 1. The monoisotopic (exact) mass is 416 g/mol. The highest BCUT2D eigenvalue weighted by Gasteiger charge is 2.29. The maximum absolute atomic E-state index is 13.4. The third kappa shape index (κ3) is 4.92. The number of thioether (sulfide) groups is 1. The number of carbonyl (C=O) groups is 2. The Morgan fingerprint density at radius 1 is 0.867 bits per heavy atom. The molecule has 1 atom stereocenters. The summed E-state index contributed by atoms with van der Waals surface area (Å²) in [6.45, 7) is 1.93. The van der Waals surface area contributed by atoms with Gasteiger partial charge in [-0.1, -0.05) is 36.4 Å². The summed E-state index contributed by atoms with van der Waals surface area (Å²) in [6.07, 6.45) is 1.97. The Labute approximate surface area is 181 Å². The smallest absolute Gasteiger partial charge is 0.244 e. The molecule has 2 amide bonds. The molecule has 0 bridgehead atoms. The molecule has 1 N–H and O–H groups in total. The SMILES string of the molecule is CC(Sc1ccc(NC(=O)C2CC2)cc1)C(=O)N(c1ccccc1)c1ccccc1. The minimum Gasteiger partial charge on any atom is -0.326 e. The molecule has 0 radical (unpaired) electrons. The summed E-state index contributed by atoms with van der Waals surface area (Å²) in [7, 11) is 0. The molecule has 1 aliphatic rings. The molecule has 0 heterocycles. The fourth-order valence-electron chi connectivity index (χ4n) is 3.20. The van der Waals surface area contributed by atoms with E-state index in [0.717, 1.165) is 34.8 Å². The zero-order valence-electron chi connectivity index (χ0n) is 16.8. The maximum atomic E-state index is 13.4. The number of anilines is 3. The van der Waals surface area contributed by atoms with Crippen LogP contribution in [0.1, 0.15) is 19.8 Å². The number of para-hydroxylation sites is 2. The highest BCUT2D eigenvalue weighted by atomic mass is 32.2. The van der Waals surface area contributed by atoms with Crippen LogP contribution in [0.3, 0.4) is 0 Å². The van der Waals surface area contributed by atoms with Gasteiger partial charge in [0, 0.05) is 27.9 Å². The molecule has 0 saturated heterocycles. The zero-order valence-corrected chi connectivity index (χ0v) is 17.6. The van der Waals surface area contributed by atoms with Crippen LogP contribution in [-0.4, -0.2) is 17.1 Å². The molecule has 0 aromatic heterocycles. The first-order chi connectivity index (χ1) is 14.6. The van der Waals surface area contributed by atoms with Gasteiger partial charge in [0.1, 0.15) is 0 Å². The van der Waals surface area contributed by atoms with Crippen molar-refractivity contribution in [2.75, 3.05) is 10.2 Å². The van der Waals surface area contributed by atoms with Gasteiger partial charge in [-0.15, -0.1) is 11.8 Å². The quantitative estimate of drug-likeness (QED) is 0.489. The minimum absolute atomic E-state index is 0.0171. The Bertz CT molecular complexity index is 963. The fraction of sp³-hybridized carbons (Fsp3) is 0.200. The van der Waals surface area contributed by atoms with Crippen molar-refractivity contribution in [2.24, 2.45) is 5.92 Å². The summed E-state index contributed by atoms with van der Waals surface area (Å²) in [5.41, 5.74) is 2.49. The molecular weight excluding hydrogens is 392 g/mol. The second kappa shape index (κ2) is 9.18. The van der Waals surface area contributed by atoms with Crippen molar-refractivity contribution in [1.29, 1.82) is 0 Å². The van der Waals surface area contributed by atoms with Crippen LogP contribution in [0.15, 0.2) is 89.8 Å². The third-order valence-corrected chi connectivity index (χ3v) is 6.08. The van der Waals surface area contributed by atoms with Crippen molar-refractivity contribution in [3.05, 3.63) is 84.9 Å². The van der Waals surface area contributed by atoms with E-state index in [1.54, 1.807) is 4.90 Å². The fourth-order valence-corrected chi connectivity index (χ4v) is 4.11. The average molecular weight is 417 g/mol. The highest BCUT2D eigenvalue weighted by molar-refractivity contribution is 8.00. The lowest BCUT2D eigenvalue weighted by atomic mass is 10.2. The predicted octanol–water partition coefficient (Wildman–Crippen LogP) is 5.88. The molecule has 3 aromatic carbocycles. The van der Waals surface area contributed by atoms with Gasteiger partial charge in [0.2, 0.25) is 11.8 Å². The van der Waals surface area contributed by atoms with E-state index < -0.39 is 0 Å². The van der Waals surface area contributed by atoms with E-state index in [9.17, 15) is 9.59 Å². The van der Waals surface area contributed by atoms with Gasteiger partial charge in [0.05, 0.1) is 5.25 Å². The Morgan fingerprint density at radius 2 is 1.40 bits per heavy atom. The van der Waals surface area contributed by atoms with Crippen LogP contribution in [0.4, 0.5) is 17.1 Å². The molecule has 30 heavy (non-hydrogen) atoms. The van der Waals surface area contributed by atoms with E-state index in [1.807, 2.05) is 91.9 Å². The molecule has 0 aliphatic heterocycles. The van der Waals surface area contributed by atoms with Crippen LogP contribution in [0.5, 0.6) is 0 Å². The van der Waals surface area contributed by atoms with Crippen molar-refractivity contribution in [3.8, 4) is 0 Å². The van der Waals surface area contributed by atoms with Crippen LogP contribution in [0.25, 0.3) is 0 Å². The van der Waals surface area contributed by atoms with Crippen LogP contribution in [0, 0.1) is 5.92 Å². The van der Waals surface area contributed by atoms with Crippen molar-refractivity contribution in [1.82, 2.24) is 0 Å². The number of amides is 2. The van der Waals surface area contributed by atoms with E-state index in [0.29, 0.717) is 0 Å². The van der Waals surface area contributed by atoms with E-state index in [1.165, 1.54) is 11.8 Å². The van der Waals surface area contributed by atoms with Crippen LogP contribution >= 0.6 is 11.8 Å². The second-order valence-electron chi connectivity index (χ2n) is 7.39. The van der Waals surface area contributed by atoms with E-state index in [4.69, 9.17) is 0 Å². The van der Waals surface area contributed by atoms with Crippen molar-refractivity contribution < 1.29 is 9.59 Å². The maximum Gasteiger partial charge on any atom is 0.244 e. The van der Waals surface area contributed by atoms with Gasteiger partial charge in [-0.2, -0.15) is 0 Å². The third-order valence-electron chi connectivity index (χ3n) is 4.98. The largest absolute Gasteiger partial charge is 0.326 e. The average Bonchev–Trinajstić information content (AvgIpc) is 3.62.